The van der Waals surface area contributed by atoms with Gasteiger partial charge in [0.25, 0.3) is 0 Å². The smallest absolute Gasteiger partial charge is 0.0900 e. The second-order valence-electron chi connectivity index (χ2n) is 2.49. The standard InChI is InChI=1S/C6H13NO2/c1-7-2-3-9-5-6(8)4-7/h6,8H,2-5H2,1H3. The fraction of sp³-hybridized carbons (Fsp3) is 1.00. The third kappa shape index (κ3) is 2.30. The number of hydrogen-bond acceptors (Lipinski definition) is 3. The molecule has 0 spiro atoms. The van der Waals surface area contributed by atoms with Gasteiger partial charge in [0.1, 0.15) is 0 Å². The number of likely N-dealkylation sites (N-methyl/N-ethyl adjacent to an activating group) is 1. The minimum atomic E-state index is -0.294. The van der Waals surface area contributed by atoms with E-state index in [1.165, 1.54) is 0 Å². The molecule has 1 aliphatic heterocycles. The minimum Gasteiger partial charge on any atom is -0.389 e. The predicted octanol–water partition coefficient (Wildman–Crippen LogP) is -0.691. The van der Waals surface area contributed by atoms with Crippen LogP contribution in [0.4, 0.5) is 0 Å². The lowest BCUT2D eigenvalue weighted by Crippen LogP contribution is -2.28. The summed E-state index contributed by atoms with van der Waals surface area (Å²) in [6, 6.07) is 0. The predicted molar refractivity (Wildman–Crippen MR) is 34.3 cm³/mol. The first kappa shape index (κ1) is 6.99. The molecule has 1 aliphatic rings. The Balaban J connectivity index is 2.29. The van der Waals surface area contributed by atoms with E-state index in [-0.39, 0.29) is 6.10 Å². The number of nitrogens with zero attached hydrogens (tertiary/aromatic N) is 1. The quantitative estimate of drug-likeness (QED) is 0.472. The molecule has 3 nitrogen and oxygen atoms in total. The number of ether oxygens (including phenoxy) is 1. The van der Waals surface area contributed by atoms with Crippen LogP contribution < -0.4 is 0 Å². The van der Waals surface area contributed by atoms with Crippen LogP contribution in [0.1, 0.15) is 0 Å². The molecule has 3 heteroatoms. The number of rotatable bonds is 0. The van der Waals surface area contributed by atoms with Crippen LogP contribution in [0.25, 0.3) is 0 Å². The third-order valence-corrected chi connectivity index (χ3v) is 1.45. The molecule has 0 aromatic heterocycles. The van der Waals surface area contributed by atoms with E-state index in [9.17, 15) is 0 Å². The van der Waals surface area contributed by atoms with Crippen molar-refractivity contribution in [3.05, 3.63) is 0 Å². The van der Waals surface area contributed by atoms with Crippen molar-refractivity contribution in [2.75, 3.05) is 33.4 Å². The molecule has 1 saturated heterocycles. The van der Waals surface area contributed by atoms with Crippen LogP contribution >= 0.6 is 0 Å². The first-order chi connectivity index (χ1) is 4.29. The average molecular weight is 131 g/mol. The van der Waals surface area contributed by atoms with Crippen molar-refractivity contribution in [3.63, 3.8) is 0 Å². The fourth-order valence-electron chi connectivity index (χ4n) is 0.944. The molecule has 1 heterocycles. The van der Waals surface area contributed by atoms with Gasteiger partial charge in [-0.2, -0.15) is 0 Å². The maximum absolute atomic E-state index is 9.09. The summed E-state index contributed by atoms with van der Waals surface area (Å²) in [5.41, 5.74) is 0. The van der Waals surface area contributed by atoms with Crippen molar-refractivity contribution in [2.45, 2.75) is 6.10 Å². The molecule has 0 aromatic rings. The van der Waals surface area contributed by atoms with Gasteiger partial charge in [0.2, 0.25) is 0 Å². The lowest BCUT2D eigenvalue weighted by molar-refractivity contribution is 0.0573. The van der Waals surface area contributed by atoms with Gasteiger partial charge in [-0.1, -0.05) is 0 Å². The molecule has 0 aromatic carbocycles. The van der Waals surface area contributed by atoms with Gasteiger partial charge in [0.05, 0.1) is 19.3 Å². The molecule has 0 bridgehead atoms. The van der Waals surface area contributed by atoms with Crippen LogP contribution in [-0.4, -0.2) is 49.5 Å². The largest absolute Gasteiger partial charge is 0.389 e. The number of hydrogen-bond donors (Lipinski definition) is 1. The van der Waals surface area contributed by atoms with Crippen LogP contribution in [-0.2, 0) is 4.74 Å². The zero-order valence-corrected chi connectivity index (χ0v) is 5.71. The molecular formula is C6H13NO2. The van der Waals surface area contributed by atoms with Crippen molar-refractivity contribution in [1.29, 1.82) is 0 Å². The highest BCUT2D eigenvalue weighted by molar-refractivity contribution is 4.63. The molecule has 0 amide bonds. The maximum Gasteiger partial charge on any atom is 0.0900 e. The van der Waals surface area contributed by atoms with Crippen LogP contribution in [0.3, 0.4) is 0 Å². The molecular weight excluding hydrogens is 118 g/mol. The van der Waals surface area contributed by atoms with Crippen LogP contribution in [0.2, 0.25) is 0 Å². The molecule has 0 saturated carbocycles. The van der Waals surface area contributed by atoms with Crippen LogP contribution in [0.5, 0.6) is 0 Å². The maximum atomic E-state index is 9.09. The zero-order valence-electron chi connectivity index (χ0n) is 5.71. The average Bonchev–Trinajstić information content (AvgIpc) is 1.93. The Hall–Kier alpha value is -0.120. The van der Waals surface area contributed by atoms with Gasteiger partial charge in [0.15, 0.2) is 0 Å². The van der Waals surface area contributed by atoms with E-state index in [4.69, 9.17) is 9.84 Å². The van der Waals surface area contributed by atoms with Gasteiger partial charge >= 0.3 is 0 Å². The Bertz CT molecular complexity index is 77.1. The Morgan fingerprint density at radius 2 is 2.44 bits per heavy atom. The topological polar surface area (TPSA) is 32.7 Å². The van der Waals surface area contributed by atoms with E-state index < -0.39 is 0 Å². The van der Waals surface area contributed by atoms with Crippen molar-refractivity contribution < 1.29 is 9.84 Å². The molecule has 0 radical (unpaired) electrons. The highest BCUT2D eigenvalue weighted by Gasteiger charge is 2.11. The second kappa shape index (κ2) is 3.15. The molecule has 1 fully saturated rings. The normalized spacial score (nSPS) is 32.0. The van der Waals surface area contributed by atoms with E-state index in [1.54, 1.807) is 0 Å². The van der Waals surface area contributed by atoms with Gasteiger partial charge < -0.3 is 14.7 Å². The van der Waals surface area contributed by atoms with E-state index >= 15 is 0 Å². The fourth-order valence-corrected chi connectivity index (χ4v) is 0.944. The molecule has 9 heavy (non-hydrogen) atoms. The van der Waals surface area contributed by atoms with Crippen molar-refractivity contribution in [3.8, 4) is 0 Å². The number of aliphatic hydroxyl groups excluding tert-OH is 1. The summed E-state index contributed by atoms with van der Waals surface area (Å²) >= 11 is 0. The van der Waals surface area contributed by atoms with Gasteiger partial charge in [-0.15, -0.1) is 0 Å². The second-order valence-corrected chi connectivity index (χ2v) is 2.49. The van der Waals surface area contributed by atoms with Crippen molar-refractivity contribution >= 4 is 0 Å². The Labute approximate surface area is 55.2 Å². The first-order valence-electron chi connectivity index (χ1n) is 3.23. The minimum absolute atomic E-state index is 0.294. The van der Waals surface area contributed by atoms with Gasteiger partial charge in [-0.05, 0) is 7.05 Å². The monoisotopic (exact) mass is 131 g/mol. The molecule has 0 aliphatic carbocycles. The summed E-state index contributed by atoms with van der Waals surface area (Å²) in [7, 11) is 1.98. The van der Waals surface area contributed by atoms with Crippen LogP contribution in [0.15, 0.2) is 0 Å². The number of β-amino-alcohol motifs (C(OH)–C–C–N with tert-alkyl or cyclic N) is 1. The summed E-state index contributed by atoms with van der Waals surface area (Å²) in [5.74, 6) is 0. The van der Waals surface area contributed by atoms with E-state index in [1.807, 2.05) is 7.05 Å². The van der Waals surface area contributed by atoms with E-state index in [0.29, 0.717) is 6.61 Å². The molecule has 54 valence electrons. The number of aliphatic hydroxyl groups is 1. The first-order valence-corrected chi connectivity index (χ1v) is 3.23. The van der Waals surface area contributed by atoms with Gasteiger partial charge in [0, 0.05) is 13.1 Å². The highest BCUT2D eigenvalue weighted by atomic mass is 16.5. The van der Waals surface area contributed by atoms with E-state index in [2.05, 4.69) is 4.90 Å². The highest BCUT2D eigenvalue weighted by Crippen LogP contribution is 1.95. The van der Waals surface area contributed by atoms with Gasteiger partial charge in [-0.25, -0.2) is 0 Å². The third-order valence-electron chi connectivity index (χ3n) is 1.45. The summed E-state index contributed by atoms with van der Waals surface area (Å²) in [6.07, 6.45) is -0.294. The Morgan fingerprint density at radius 1 is 1.67 bits per heavy atom. The lowest BCUT2D eigenvalue weighted by atomic mass is 10.4. The summed E-state index contributed by atoms with van der Waals surface area (Å²) in [4.78, 5) is 2.07. The molecule has 1 N–H and O–H groups in total. The van der Waals surface area contributed by atoms with Crippen LogP contribution in [0, 0.1) is 0 Å². The summed E-state index contributed by atoms with van der Waals surface area (Å²) < 4.78 is 5.09. The Kier molecular flexibility index (Phi) is 2.45. The molecule has 1 unspecified atom stereocenters. The van der Waals surface area contributed by atoms with Crippen molar-refractivity contribution in [1.82, 2.24) is 4.90 Å². The zero-order chi connectivity index (χ0) is 6.69. The van der Waals surface area contributed by atoms with Crippen molar-refractivity contribution in [2.24, 2.45) is 0 Å². The lowest BCUT2D eigenvalue weighted by Gasteiger charge is -2.13. The summed E-state index contributed by atoms with van der Waals surface area (Å²) in [6.45, 7) is 2.90. The summed E-state index contributed by atoms with van der Waals surface area (Å²) in [5, 5.41) is 9.09. The van der Waals surface area contributed by atoms with Gasteiger partial charge in [-0.3, -0.25) is 0 Å². The SMILES string of the molecule is CN1CCOCC(O)C1. The van der Waals surface area contributed by atoms with E-state index in [0.717, 1.165) is 19.7 Å². The molecule has 1 atom stereocenters. The Morgan fingerprint density at radius 3 is 3.22 bits per heavy atom. The molecule has 1 rings (SSSR count).